The molecule has 0 radical (unpaired) electrons. The van der Waals surface area contributed by atoms with Crippen molar-refractivity contribution in [3.63, 3.8) is 0 Å². The third kappa shape index (κ3) is 2.14. The maximum absolute atomic E-state index is 9.05. The van der Waals surface area contributed by atoms with Gasteiger partial charge in [0.15, 0.2) is 0 Å². The van der Waals surface area contributed by atoms with E-state index in [1.54, 1.807) is 0 Å². The van der Waals surface area contributed by atoms with Gasteiger partial charge in [-0.2, -0.15) is 0 Å². The van der Waals surface area contributed by atoms with Crippen LogP contribution in [0.1, 0.15) is 55.2 Å². The fourth-order valence-corrected chi connectivity index (χ4v) is 2.87. The van der Waals surface area contributed by atoms with Crippen molar-refractivity contribution in [2.45, 2.75) is 51.4 Å². The van der Waals surface area contributed by atoms with Gasteiger partial charge >= 0.3 is 0 Å². The summed E-state index contributed by atoms with van der Waals surface area (Å²) in [6.45, 7) is 2.27. The minimum atomic E-state index is 0.213. The molecule has 0 amide bonds. The van der Waals surface area contributed by atoms with Crippen LogP contribution >= 0.6 is 0 Å². The monoisotopic (exact) mass is 222 g/mol. The molecule has 16 heavy (non-hydrogen) atoms. The van der Waals surface area contributed by atoms with Crippen LogP contribution in [0.25, 0.3) is 0 Å². The number of rotatable bonds is 3. The largest absolute Gasteiger partial charge is 0.396 e. The van der Waals surface area contributed by atoms with Crippen LogP contribution in [0.3, 0.4) is 0 Å². The zero-order valence-electron chi connectivity index (χ0n) is 10.4. The van der Waals surface area contributed by atoms with Gasteiger partial charge in [-0.3, -0.25) is 0 Å². The Balaban J connectivity index is 2.23. The summed E-state index contributed by atoms with van der Waals surface area (Å²) >= 11 is 0. The first-order valence-corrected chi connectivity index (χ1v) is 6.37. The quantitative estimate of drug-likeness (QED) is 0.852. The Morgan fingerprint density at radius 3 is 2.62 bits per heavy atom. The second-order valence-corrected chi connectivity index (χ2v) is 4.87. The van der Waals surface area contributed by atoms with Gasteiger partial charge in [-0.1, -0.05) is 19.3 Å². The van der Waals surface area contributed by atoms with E-state index in [9.17, 15) is 0 Å². The lowest BCUT2D eigenvalue weighted by Crippen LogP contribution is -2.11. The highest BCUT2D eigenvalue weighted by atomic mass is 16.3. The molecule has 1 aliphatic rings. The summed E-state index contributed by atoms with van der Waals surface area (Å²) < 4.78 is 2.21. The van der Waals surface area contributed by atoms with Crippen molar-refractivity contribution in [1.29, 1.82) is 0 Å². The normalized spacial score (nSPS) is 17.9. The van der Waals surface area contributed by atoms with E-state index in [4.69, 9.17) is 10.1 Å². The molecule has 1 N–H and O–H groups in total. The van der Waals surface area contributed by atoms with Gasteiger partial charge in [0.2, 0.25) is 0 Å². The van der Waals surface area contributed by atoms with Crippen LogP contribution in [0, 0.1) is 6.92 Å². The Morgan fingerprint density at radius 1 is 1.31 bits per heavy atom. The number of aliphatic hydroxyl groups is 1. The summed E-state index contributed by atoms with van der Waals surface area (Å²) in [6, 6.07) is 0. The van der Waals surface area contributed by atoms with Crippen LogP contribution in [0.4, 0.5) is 0 Å². The number of aliphatic hydroxyl groups excluding tert-OH is 1. The molecule has 0 spiro atoms. The molecular weight excluding hydrogens is 200 g/mol. The van der Waals surface area contributed by atoms with Crippen LogP contribution in [0.5, 0.6) is 0 Å². The number of aromatic nitrogens is 2. The van der Waals surface area contributed by atoms with E-state index < -0.39 is 0 Å². The van der Waals surface area contributed by atoms with E-state index in [0.29, 0.717) is 5.92 Å². The van der Waals surface area contributed by atoms with Crippen molar-refractivity contribution in [1.82, 2.24) is 9.55 Å². The lowest BCUT2D eigenvalue weighted by Gasteiger charge is -2.21. The van der Waals surface area contributed by atoms with Gasteiger partial charge < -0.3 is 9.67 Å². The van der Waals surface area contributed by atoms with Crippen molar-refractivity contribution in [3.05, 3.63) is 17.2 Å². The van der Waals surface area contributed by atoms with Gasteiger partial charge in [-0.05, 0) is 19.8 Å². The van der Waals surface area contributed by atoms with Crippen molar-refractivity contribution in [3.8, 4) is 0 Å². The van der Waals surface area contributed by atoms with Crippen LogP contribution in [-0.4, -0.2) is 21.3 Å². The minimum Gasteiger partial charge on any atom is -0.396 e. The number of hydrogen-bond acceptors (Lipinski definition) is 2. The zero-order valence-corrected chi connectivity index (χ0v) is 10.4. The Morgan fingerprint density at radius 2 is 2.00 bits per heavy atom. The van der Waals surface area contributed by atoms with E-state index in [1.165, 1.54) is 43.6 Å². The molecule has 0 saturated heterocycles. The predicted octanol–water partition coefficient (Wildman–Crippen LogP) is 2.31. The fraction of sp³-hybridized carbons (Fsp3) is 0.769. The van der Waals surface area contributed by atoms with Gasteiger partial charge in [0.05, 0.1) is 5.69 Å². The summed E-state index contributed by atoms with van der Waals surface area (Å²) in [6.07, 6.45) is 7.34. The van der Waals surface area contributed by atoms with Gasteiger partial charge in [0.25, 0.3) is 0 Å². The highest BCUT2D eigenvalue weighted by Gasteiger charge is 2.21. The zero-order chi connectivity index (χ0) is 11.5. The number of imidazole rings is 1. The molecule has 1 aliphatic carbocycles. The predicted molar refractivity (Wildman–Crippen MR) is 64.6 cm³/mol. The minimum absolute atomic E-state index is 0.213. The standard InChI is InChI=1S/C13H22N2O/c1-10-12(8-9-16)15(2)13(14-10)11-6-4-3-5-7-11/h11,16H,3-9H2,1-2H3. The van der Waals surface area contributed by atoms with E-state index in [0.717, 1.165) is 12.1 Å². The molecule has 1 aromatic rings. The summed E-state index contributed by atoms with van der Waals surface area (Å²) in [5.74, 6) is 1.88. The maximum Gasteiger partial charge on any atom is 0.112 e. The molecule has 0 bridgehead atoms. The van der Waals surface area contributed by atoms with E-state index in [-0.39, 0.29) is 6.61 Å². The number of nitrogens with zero attached hydrogens (tertiary/aromatic N) is 2. The Hall–Kier alpha value is -0.830. The SMILES string of the molecule is Cc1nc(C2CCCCC2)n(C)c1CCO. The molecule has 1 aromatic heterocycles. The molecule has 0 atom stereocenters. The molecule has 1 heterocycles. The lowest BCUT2D eigenvalue weighted by molar-refractivity contribution is 0.296. The lowest BCUT2D eigenvalue weighted by atomic mass is 9.89. The number of hydrogen-bond donors (Lipinski definition) is 1. The van der Waals surface area contributed by atoms with Gasteiger partial charge in [0.1, 0.15) is 5.82 Å². The average Bonchev–Trinajstić information content (AvgIpc) is 2.59. The Bertz CT molecular complexity index is 351. The first kappa shape index (κ1) is 11.6. The van der Waals surface area contributed by atoms with Crippen molar-refractivity contribution in [2.75, 3.05) is 6.61 Å². The summed E-state index contributed by atoms with van der Waals surface area (Å²) in [5.41, 5.74) is 2.29. The molecule has 1 fully saturated rings. The van der Waals surface area contributed by atoms with Crippen molar-refractivity contribution in [2.24, 2.45) is 7.05 Å². The summed E-state index contributed by atoms with van der Waals surface area (Å²) in [4.78, 5) is 4.70. The molecule has 3 heteroatoms. The summed E-state index contributed by atoms with van der Waals surface area (Å²) in [5, 5.41) is 9.05. The highest BCUT2D eigenvalue weighted by Crippen LogP contribution is 2.32. The van der Waals surface area contributed by atoms with Crippen LogP contribution in [0.2, 0.25) is 0 Å². The first-order chi connectivity index (χ1) is 7.74. The molecule has 3 nitrogen and oxygen atoms in total. The molecule has 0 aliphatic heterocycles. The third-order valence-electron chi connectivity index (χ3n) is 3.77. The van der Waals surface area contributed by atoms with Gasteiger partial charge in [-0.15, -0.1) is 0 Å². The van der Waals surface area contributed by atoms with Crippen molar-refractivity contribution >= 4 is 0 Å². The summed E-state index contributed by atoms with van der Waals surface area (Å²) in [7, 11) is 2.09. The molecule has 2 rings (SSSR count). The number of aryl methyl sites for hydroxylation is 1. The van der Waals surface area contributed by atoms with Crippen LogP contribution < -0.4 is 0 Å². The van der Waals surface area contributed by atoms with Gasteiger partial charge in [0, 0.05) is 31.7 Å². The molecule has 0 unspecified atom stereocenters. The van der Waals surface area contributed by atoms with E-state index in [1.807, 2.05) is 0 Å². The first-order valence-electron chi connectivity index (χ1n) is 6.37. The topological polar surface area (TPSA) is 38.0 Å². The Kier molecular flexibility index (Phi) is 3.64. The van der Waals surface area contributed by atoms with Gasteiger partial charge in [-0.25, -0.2) is 4.98 Å². The fourth-order valence-electron chi connectivity index (χ4n) is 2.87. The molecule has 1 saturated carbocycles. The van der Waals surface area contributed by atoms with Crippen molar-refractivity contribution < 1.29 is 5.11 Å². The van der Waals surface area contributed by atoms with E-state index >= 15 is 0 Å². The van der Waals surface area contributed by atoms with E-state index in [2.05, 4.69) is 18.5 Å². The second kappa shape index (κ2) is 5.00. The van der Waals surface area contributed by atoms with Crippen LogP contribution in [-0.2, 0) is 13.5 Å². The molecule has 0 aromatic carbocycles. The third-order valence-corrected chi connectivity index (χ3v) is 3.77. The Labute approximate surface area is 97.5 Å². The highest BCUT2D eigenvalue weighted by molar-refractivity contribution is 5.18. The molecule has 90 valence electrons. The second-order valence-electron chi connectivity index (χ2n) is 4.87. The van der Waals surface area contributed by atoms with Crippen LogP contribution in [0.15, 0.2) is 0 Å². The smallest absolute Gasteiger partial charge is 0.112 e. The maximum atomic E-state index is 9.05. The molecular formula is C13H22N2O. The average molecular weight is 222 g/mol.